The van der Waals surface area contributed by atoms with Gasteiger partial charge in [0, 0.05) is 34.0 Å². The van der Waals surface area contributed by atoms with Crippen molar-refractivity contribution in [3.8, 4) is 11.8 Å². The second kappa shape index (κ2) is 9.48. The first-order valence-electron chi connectivity index (χ1n) is 9.69. The highest BCUT2D eigenvalue weighted by atomic mass is 79.9. The lowest BCUT2D eigenvalue weighted by Crippen LogP contribution is -2.27. The zero-order valence-corrected chi connectivity index (χ0v) is 21.2. The maximum absolute atomic E-state index is 12.8. The molecule has 0 saturated carbocycles. The molecule has 0 aromatic heterocycles. The van der Waals surface area contributed by atoms with Gasteiger partial charge in [0.05, 0.1) is 14.9 Å². The summed E-state index contributed by atoms with van der Waals surface area (Å²) in [5.74, 6) is 0.528. The fraction of sp³-hybridized carbons (Fsp3) is 0.217. The van der Waals surface area contributed by atoms with E-state index in [9.17, 15) is 10.1 Å². The van der Waals surface area contributed by atoms with Gasteiger partial charge in [-0.3, -0.25) is 4.79 Å². The summed E-state index contributed by atoms with van der Waals surface area (Å²) < 4.78 is 12.9. The molecule has 0 unspecified atom stereocenters. The molecular formula is C23H16Br2Cl2N2O3. The zero-order valence-electron chi connectivity index (χ0n) is 16.6. The lowest BCUT2D eigenvalue weighted by Gasteiger charge is -2.31. The number of Topliss-reactive ketones (excluding diaryl/α,β-unsaturated/α-hetero) is 1. The van der Waals surface area contributed by atoms with Gasteiger partial charge in [0.15, 0.2) is 5.78 Å². The van der Waals surface area contributed by atoms with Gasteiger partial charge >= 0.3 is 0 Å². The predicted molar refractivity (Wildman–Crippen MR) is 129 cm³/mol. The van der Waals surface area contributed by atoms with Crippen molar-refractivity contribution in [2.45, 2.75) is 31.8 Å². The standard InChI is InChI=1S/C23H16Br2Cl2N2O3/c24-15-6-12(7-16(25)22(15)31-10-11-4-5-13(26)8-17(11)27)20-14(9-28)23(29)32-19-3-1-2-18(30)21(19)20/h4-8,20H,1-3,10,29H2/t20-/m1/s1. The number of ether oxygens (including phenoxy) is 2. The van der Waals surface area contributed by atoms with Gasteiger partial charge in [0.2, 0.25) is 5.88 Å². The van der Waals surface area contributed by atoms with Gasteiger partial charge in [-0.1, -0.05) is 29.3 Å². The average molecular weight is 599 g/mol. The molecule has 1 heterocycles. The molecule has 0 saturated heterocycles. The largest absolute Gasteiger partial charge is 0.486 e. The molecule has 1 aliphatic heterocycles. The van der Waals surface area contributed by atoms with Crippen molar-refractivity contribution in [2.75, 3.05) is 0 Å². The molecule has 2 aromatic rings. The Balaban J connectivity index is 1.70. The molecule has 2 N–H and O–H groups in total. The Morgan fingerprint density at radius 3 is 2.56 bits per heavy atom. The van der Waals surface area contributed by atoms with E-state index in [1.165, 1.54) is 0 Å². The molecule has 0 bridgehead atoms. The summed E-state index contributed by atoms with van der Waals surface area (Å²) >= 11 is 19.3. The van der Waals surface area contributed by atoms with Gasteiger partial charge in [-0.05, 0) is 68.1 Å². The van der Waals surface area contributed by atoms with Crippen LogP contribution in [-0.2, 0) is 16.1 Å². The van der Waals surface area contributed by atoms with Crippen LogP contribution in [0, 0.1) is 11.3 Å². The Hall–Kier alpha value is -1.98. The van der Waals surface area contributed by atoms with Crippen molar-refractivity contribution < 1.29 is 14.3 Å². The maximum Gasteiger partial charge on any atom is 0.205 e. The third-order valence-electron chi connectivity index (χ3n) is 5.35. The maximum atomic E-state index is 12.8. The van der Waals surface area contributed by atoms with Gasteiger partial charge in [0.25, 0.3) is 0 Å². The summed E-state index contributed by atoms with van der Waals surface area (Å²) in [5.41, 5.74) is 8.27. The SMILES string of the molecule is N#CC1=C(N)OC2=C(C(=O)CCC2)[C@@H]1c1cc(Br)c(OCc2ccc(Cl)cc2Cl)c(Br)c1. The lowest BCUT2D eigenvalue weighted by molar-refractivity contribution is -0.116. The number of halogens is 4. The van der Waals surface area contributed by atoms with Gasteiger partial charge < -0.3 is 15.2 Å². The Morgan fingerprint density at radius 1 is 1.19 bits per heavy atom. The van der Waals surface area contributed by atoms with E-state index in [1.807, 2.05) is 12.1 Å². The van der Waals surface area contributed by atoms with E-state index in [1.54, 1.807) is 18.2 Å². The molecule has 2 aliphatic rings. The monoisotopic (exact) mass is 596 g/mol. The van der Waals surface area contributed by atoms with Crippen molar-refractivity contribution in [3.05, 3.63) is 83.2 Å². The topological polar surface area (TPSA) is 85.3 Å². The van der Waals surface area contributed by atoms with Crippen LogP contribution in [0.15, 0.2) is 62.1 Å². The van der Waals surface area contributed by atoms with E-state index in [2.05, 4.69) is 37.9 Å². The highest BCUT2D eigenvalue weighted by molar-refractivity contribution is 9.11. The van der Waals surface area contributed by atoms with Crippen LogP contribution >= 0.6 is 55.1 Å². The Morgan fingerprint density at radius 2 is 1.91 bits per heavy atom. The molecule has 1 atom stereocenters. The quantitative estimate of drug-likeness (QED) is 0.413. The number of ketones is 1. The number of nitriles is 1. The first kappa shape index (κ1) is 23.2. The zero-order chi connectivity index (χ0) is 23.0. The third kappa shape index (κ3) is 4.42. The molecule has 9 heteroatoms. The van der Waals surface area contributed by atoms with Gasteiger partial charge in [0.1, 0.15) is 29.8 Å². The second-order valence-corrected chi connectivity index (χ2v) is 9.93. The van der Waals surface area contributed by atoms with E-state index in [-0.39, 0.29) is 23.8 Å². The van der Waals surface area contributed by atoms with Crippen LogP contribution in [-0.4, -0.2) is 5.78 Å². The Kier molecular flexibility index (Phi) is 6.87. The summed E-state index contributed by atoms with van der Waals surface area (Å²) in [6.07, 6.45) is 1.73. The summed E-state index contributed by atoms with van der Waals surface area (Å²) in [4.78, 5) is 12.8. The summed E-state index contributed by atoms with van der Waals surface area (Å²) in [6, 6.07) is 11.0. The minimum atomic E-state index is -0.594. The molecular weight excluding hydrogens is 583 g/mol. The first-order valence-corrected chi connectivity index (χ1v) is 12.0. The number of nitrogens with two attached hydrogens (primary N) is 1. The van der Waals surface area contributed by atoms with Crippen LogP contribution in [0.4, 0.5) is 0 Å². The van der Waals surface area contributed by atoms with Crippen molar-refractivity contribution in [3.63, 3.8) is 0 Å². The number of carbonyl (C=O) groups is 1. The van der Waals surface area contributed by atoms with Crippen LogP contribution in [0.25, 0.3) is 0 Å². The van der Waals surface area contributed by atoms with Gasteiger partial charge in [-0.2, -0.15) is 5.26 Å². The predicted octanol–water partition coefficient (Wildman–Crippen LogP) is 6.91. The molecule has 0 radical (unpaired) electrons. The van der Waals surface area contributed by atoms with Crippen molar-refractivity contribution >= 4 is 60.8 Å². The summed E-state index contributed by atoms with van der Waals surface area (Å²) in [6.45, 7) is 0.230. The number of allylic oxidation sites excluding steroid dienone is 3. The summed E-state index contributed by atoms with van der Waals surface area (Å²) in [5, 5.41) is 10.8. The minimum absolute atomic E-state index is 0.0264. The number of hydrogen-bond donors (Lipinski definition) is 1. The molecule has 0 spiro atoms. The summed E-state index contributed by atoms with van der Waals surface area (Å²) in [7, 11) is 0. The molecule has 0 fully saturated rings. The first-order chi connectivity index (χ1) is 15.3. The van der Waals surface area contributed by atoms with Crippen LogP contribution in [0.2, 0.25) is 10.0 Å². The average Bonchev–Trinajstić information content (AvgIpc) is 2.73. The Bertz CT molecular complexity index is 1210. The van der Waals surface area contributed by atoms with E-state index < -0.39 is 5.92 Å². The van der Waals surface area contributed by atoms with E-state index in [0.717, 1.165) is 11.1 Å². The number of carbonyl (C=O) groups excluding carboxylic acids is 1. The van der Waals surface area contributed by atoms with Crippen molar-refractivity contribution in [2.24, 2.45) is 5.73 Å². The fourth-order valence-corrected chi connectivity index (χ4v) is 5.78. The van der Waals surface area contributed by atoms with Crippen molar-refractivity contribution in [1.82, 2.24) is 0 Å². The normalized spacial score (nSPS) is 18.2. The van der Waals surface area contributed by atoms with Gasteiger partial charge in [-0.25, -0.2) is 0 Å². The van der Waals surface area contributed by atoms with Crippen LogP contribution < -0.4 is 10.5 Å². The third-order valence-corrected chi connectivity index (χ3v) is 7.11. The molecule has 5 nitrogen and oxygen atoms in total. The molecule has 2 aromatic carbocycles. The molecule has 0 amide bonds. The second-order valence-electron chi connectivity index (χ2n) is 7.38. The smallest absolute Gasteiger partial charge is 0.205 e. The van der Waals surface area contributed by atoms with Crippen LogP contribution in [0.3, 0.4) is 0 Å². The van der Waals surface area contributed by atoms with E-state index >= 15 is 0 Å². The van der Waals surface area contributed by atoms with E-state index in [0.29, 0.717) is 55.3 Å². The number of benzene rings is 2. The van der Waals surface area contributed by atoms with Crippen molar-refractivity contribution in [1.29, 1.82) is 5.26 Å². The van der Waals surface area contributed by atoms with Crippen LogP contribution in [0.5, 0.6) is 5.75 Å². The molecule has 1 aliphatic carbocycles. The van der Waals surface area contributed by atoms with Crippen LogP contribution in [0.1, 0.15) is 36.3 Å². The number of rotatable bonds is 4. The fourth-order valence-electron chi connectivity index (χ4n) is 3.86. The minimum Gasteiger partial charge on any atom is -0.486 e. The Labute approximate surface area is 212 Å². The molecule has 4 rings (SSSR count). The molecule has 32 heavy (non-hydrogen) atoms. The highest BCUT2D eigenvalue weighted by Gasteiger charge is 2.38. The number of hydrogen-bond acceptors (Lipinski definition) is 5. The lowest BCUT2D eigenvalue weighted by atomic mass is 9.77. The van der Waals surface area contributed by atoms with E-state index in [4.69, 9.17) is 38.4 Å². The molecule has 164 valence electrons. The number of nitrogens with zero attached hydrogens (tertiary/aromatic N) is 1. The van der Waals surface area contributed by atoms with Gasteiger partial charge in [-0.15, -0.1) is 0 Å². The highest BCUT2D eigenvalue weighted by Crippen LogP contribution is 2.46.